The minimum atomic E-state index is -1.80. The fraction of sp³-hybridized carbons (Fsp3) is 0.600. The average Bonchev–Trinajstić information content (AvgIpc) is 2.17. The predicted octanol–water partition coefficient (Wildman–Crippen LogP) is 0.577. The van der Waals surface area contributed by atoms with Crippen LogP contribution in [-0.2, 0) is 14.3 Å². The van der Waals surface area contributed by atoms with Crippen molar-refractivity contribution >= 4 is 11.9 Å². The molecule has 0 aromatic heterocycles. The number of esters is 1. The second-order valence-electron chi connectivity index (χ2n) is 3.37. The lowest BCUT2D eigenvalue weighted by atomic mass is 9.81. The summed E-state index contributed by atoms with van der Waals surface area (Å²) < 4.78 is 4.72. The summed E-state index contributed by atoms with van der Waals surface area (Å²) in [6, 6.07) is 0. The highest BCUT2D eigenvalue weighted by molar-refractivity contribution is 5.85. The van der Waals surface area contributed by atoms with Gasteiger partial charge in [0.25, 0.3) is 0 Å². The Labute approximate surface area is 88.4 Å². The third-order valence-corrected chi connectivity index (χ3v) is 2.15. The van der Waals surface area contributed by atoms with Crippen LogP contribution in [0.4, 0.5) is 0 Å². The maximum Gasteiger partial charge on any atom is 0.333 e. The van der Waals surface area contributed by atoms with Gasteiger partial charge in [-0.25, -0.2) is 4.79 Å². The van der Waals surface area contributed by atoms with Crippen LogP contribution < -0.4 is 0 Å². The SMILES string of the molecule is C=CCC(C)(C(=O)OCC)C(O)C(=O)O. The minimum absolute atomic E-state index is 0.0410. The average molecular weight is 216 g/mol. The molecule has 0 aliphatic carbocycles. The van der Waals surface area contributed by atoms with Crippen molar-refractivity contribution in [2.24, 2.45) is 5.41 Å². The van der Waals surface area contributed by atoms with Crippen molar-refractivity contribution in [3.8, 4) is 0 Å². The molecule has 5 nitrogen and oxygen atoms in total. The molecule has 2 atom stereocenters. The van der Waals surface area contributed by atoms with Crippen molar-refractivity contribution < 1.29 is 24.5 Å². The highest BCUT2D eigenvalue weighted by Gasteiger charge is 2.44. The van der Waals surface area contributed by atoms with Crippen LogP contribution in [0, 0.1) is 5.41 Å². The smallest absolute Gasteiger partial charge is 0.333 e. The Balaban J connectivity index is 4.94. The third-order valence-electron chi connectivity index (χ3n) is 2.15. The van der Waals surface area contributed by atoms with Crippen LogP contribution >= 0.6 is 0 Å². The van der Waals surface area contributed by atoms with Crippen molar-refractivity contribution in [3.63, 3.8) is 0 Å². The van der Waals surface area contributed by atoms with Gasteiger partial charge in [-0.3, -0.25) is 4.79 Å². The van der Waals surface area contributed by atoms with Gasteiger partial charge in [0.05, 0.1) is 6.61 Å². The first-order valence-electron chi connectivity index (χ1n) is 4.59. The van der Waals surface area contributed by atoms with E-state index in [0.29, 0.717) is 0 Å². The molecule has 0 spiro atoms. The number of hydrogen-bond acceptors (Lipinski definition) is 4. The Morgan fingerprint density at radius 2 is 2.13 bits per heavy atom. The summed E-state index contributed by atoms with van der Waals surface area (Å²) in [5.74, 6) is -2.19. The second-order valence-corrected chi connectivity index (χ2v) is 3.37. The molecule has 5 heteroatoms. The van der Waals surface area contributed by atoms with Gasteiger partial charge in [0, 0.05) is 0 Å². The van der Waals surface area contributed by atoms with E-state index in [1.165, 1.54) is 13.0 Å². The summed E-state index contributed by atoms with van der Waals surface area (Å²) in [4.78, 5) is 22.1. The Hall–Kier alpha value is -1.36. The summed E-state index contributed by atoms with van der Waals surface area (Å²) in [5, 5.41) is 18.1. The lowest BCUT2D eigenvalue weighted by Crippen LogP contribution is -2.45. The van der Waals surface area contributed by atoms with Gasteiger partial charge in [0.1, 0.15) is 5.41 Å². The number of allylic oxidation sites excluding steroid dienone is 1. The Morgan fingerprint density at radius 3 is 2.47 bits per heavy atom. The van der Waals surface area contributed by atoms with Gasteiger partial charge >= 0.3 is 11.9 Å². The quantitative estimate of drug-likeness (QED) is 0.501. The maximum atomic E-state index is 11.5. The summed E-state index contributed by atoms with van der Waals surface area (Å²) >= 11 is 0. The largest absolute Gasteiger partial charge is 0.479 e. The molecule has 0 rings (SSSR count). The Morgan fingerprint density at radius 1 is 1.60 bits per heavy atom. The van der Waals surface area contributed by atoms with Gasteiger partial charge in [-0.2, -0.15) is 0 Å². The molecule has 0 saturated carbocycles. The van der Waals surface area contributed by atoms with E-state index in [0.717, 1.165) is 0 Å². The Bertz CT molecular complexity index is 261. The number of carbonyl (C=O) groups is 2. The number of carboxylic acid groups (broad SMARTS) is 1. The van der Waals surface area contributed by atoms with Crippen molar-refractivity contribution in [2.75, 3.05) is 6.61 Å². The molecule has 0 aromatic carbocycles. The number of carbonyl (C=O) groups excluding carboxylic acids is 1. The van der Waals surface area contributed by atoms with E-state index in [9.17, 15) is 14.7 Å². The summed E-state index contributed by atoms with van der Waals surface area (Å²) in [6.45, 7) is 6.50. The highest BCUT2D eigenvalue weighted by atomic mass is 16.5. The molecule has 0 amide bonds. The van der Waals surface area contributed by atoms with E-state index in [1.54, 1.807) is 6.92 Å². The van der Waals surface area contributed by atoms with E-state index < -0.39 is 23.5 Å². The van der Waals surface area contributed by atoms with Gasteiger partial charge in [0.2, 0.25) is 0 Å². The number of carboxylic acids is 1. The number of aliphatic hydroxyl groups is 1. The molecule has 0 heterocycles. The number of ether oxygens (including phenoxy) is 1. The topological polar surface area (TPSA) is 83.8 Å². The molecule has 0 aliphatic heterocycles. The number of hydrogen-bond donors (Lipinski definition) is 2. The fourth-order valence-corrected chi connectivity index (χ4v) is 1.17. The minimum Gasteiger partial charge on any atom is -0.479 e. The molecule has 0 fully saturated rings. The molecule has 0 aliphatic rings. The maximum absolute atomic E-state index is 11.5. The van der Waals surface area contributed by atoms with Gasteiger partial charge in [-0.05, 0) is 20.3 Å². The summed E-state index contributed by atoms with van der Waals surface area (Å²) in [6.07, 6.45) is -0.378. The lowest BCUT2D eigenvalue weighted by molar-refractivity contribution is -0.172. The van der Waals surface area contributed by atoms with Crippen LogP contribution in [0.5, 0.6) is 0 Å². The number of aliphatic carboxylic acids is 1. The van der Waals surface area contributed by atoms with Crippen molar-refractivity contribution in [3.05, 3.63) is 12.7 Å². The van der Waals surface area contributed by atoms with E-state index >= 15 is 0 Å². The molecule has 0 aromatic rings. The van der Waals surface area contributed by atoms with E-state index in [-0.39, 0.29) is 13.0 Å². The first-order valence-corrected chi connectivity index (χ1v) is 4.59. The molecule has 2 N–H and O–H groups in total. The van der Waals surface area contributed by atoms with E-state index in [1.807, 2.05) is 0 Å². The van der Waals surface area contributed by atoms with Crippen molar-refractivity contribution in [1.82, 2.24) is 0 Å². The molecular weight excluding hydrogens is 200 g/mol. The summed E-state index contributed by atoms with van der Waals surface area (Å²) in [7, 11) is 0. The van der Waals surface area contributed by atoms with Gasteiger partial charge in [-0.15, -0.1) is 6.58 Å². The normalized spacial score (nSPS) is 16.2. The molecule has 0 saturated heterocycles. The molecule has 0 bridgehead atoms. The van der Waals surface area contributed by atoms with Crippen LogP contribution in [0.25, 0.3) is 0 Å². The van der Waals surface area contributed by atoms with Crippen LogP contribution in [-0.4, -0.2) is 34.9 Å². The Kier molecular flexibility index (Phi) is 5.00. The lowest BCUT2D eigenvalue weighted by Gasteiger charge is -2.28. The second kappa shape index (κ2) is 5.50. The van der Waals surface area contributed by atoms with Gasteiger partial charge in [-0.1, -0.05) is 6.08 Å². The monoisotopic (exact) mass is 216 g/mol. The molecule has 2 unspecified atom stereocenters. The first kappa shape index (κ1) is 13.6. The van der Waals surface area contributed by atoms with Crippen molar-refractivity contribution in [1.29, 1.82) is 0 Å². The molecule has 0 radical (unpaired) electrons. The van der Waals surface area contributed by atoms with E-state index in [2.05, 4.69) is 6.58 Å². The first-order chi connectivity index (χ1) is 6.90. The number of aliphatic hydroxyl groups excluding tert-OH is 1. The standard InChI is InChI=1S/C10H16O5/c1-4-6-10(3,7(11)8(12)13)9(14)15-5-2/h4,7,11H,1,5-6H2,2-3H3,(H,12,13). The van der Waals surface area contributed by atoms with Gasteiger partial charge in [0.15, 0.2) is 6.10 Å². The summed E-state index contributed by atoms with van der Waals surface area (Å²) in [5.41, 5.74) is -1.48. The molecule has 15 heavy (non-hydrogen) atoms. The molecule has 86 valence electrons. The van der Waals surface area contributed by atoms with Crippen LogP contribution in [0.2, 0.25) is 0 Å². The van der Waals surface area contributed by atoms with Gasteiger partial charge < -0.3 is 14.9 Å². The molecular formula is C10H16O5. The van der Waals surface area contributed by atoms with Crippen LogP contribution in [0.1, 0.15) is 20.3 Å². The number of rotatable bonds is 6. The zero-order valence-corrected chi connectivity index (χ0v) is 8.90. The van der Waals surface area contributed by atoms with Crippen molar-refractivity contribution in [2.45, 2.75) is 26.4 Å². The fourth-order valence-electron chi connectivity index (χ4n) is 1.17. The van der Waals surface area contributed by atoms with Crippen LogP contribution in [0.3, 0.4) is 0 Å². The predicted molar refractivity (Wildman–Crippen MR) is 53.2 cm³/mol. The zero-order chi connectivity index (χ0) is 12.1. The highest BCUT2D eigenvalue weighted by Crippen LogP contribution is 2.28. The van der Waals surface area contributed by atoms with E-state index in [4.69, 9.17) is 9.84 Å². The third kappa shape index (κ3) is 3.06. The zero-order valence-electron chi connectivity index (χ0n) is 8.90. The van der Waals surface area contributed by atoms with Crippen LogP contribution in [0.15, 0.2) is 12.7 Å².